The van der Waals surface area contributed by atoms with Crippen molar-refractivity contribution in [1.29, 1.82) is 0 Å². The van der Waals surface area contributed by atoms with E-state index in [4.69, 9.17) is 9.47 Å². The minimum atomic E-state index is -0.393. The minimum Gasteiger partial charge on any atom is -0.491 e. The van der Waals surface area contributed by atoms with Crippen LogP contribution in [0.5, 0.6) is 5.75 Å². The Morgan fingerprint density at radius 1 is 1.12 bits per heavy atom. The molecule has 1 saturated carbocycles. The van der Waals surface area contributed by atoms with E-state index >= 15 is 0 Å². The van der Waals surface area contributed by atoms with Gasteiger partial charge in [0, 0.05) is 0 Å². The number of ether oxygens (including phenoxy) is 2. The van der Waals surface area contributed by atoms with Crippen LogP contribution in [0.3, 0.4) is 0 Å². The molecule has 0 aromatic heterocycles. The van der Waals surface area contributed by atoms with E-state index in [9.17, 15) is 5.11 Å². The fourth-order valence-electron chi connectivity index (χ4n) is 3.45. The molecular formula is C20H34NO3+. The fraction of sp³-hybridized carbons (Fsp3) is 0.700. The molecule has 2 atom stereocenters. The number of rotatable bonds is 10. The van der Waals surface area contributed by atoms with Crippen molar-refractivity contribution in [3.63, 3.8) is 0 Å². The first-order chi connectivity index (χ1) is 11.7. The minimum absolute atomic E-state index is 0.391. The Balaban J connectivity index is 1.54. The molecule has 0 saturated heterocycles. The quantitative estimate of drug-likeness (QED) is 0.641. The molecule has 24 heavy (non-hydrogen) atoms. The molecule has 0 amide bonds. The van der Waals surface area contributed by atoms with Gasteiger partial charge in [-0.05, 0) is 49.8 Å². The molecule has 0 heterocycles. The smallest absolute Gasteiger partial charge is 0.126 e. The molecule has 0 spiro atoms. The molecule has 1 fully saturated rings. The van der Waals surface area contributed by atoms with Gasteiger partial charge in [0.2, 0.25) is 0 Å². The van der Waals surface area contributed by atoms with Crippen molar-refractivity contribution >= 4 is 0 Å². The first kappa shape index (κ1) is 19.2. The molecular weight excluding hydrogens is 302 g/mol. The summed E-state index contributed by atoms with van der Waals surface area (Å²) in [5.74, 6) is 0.873. The van der Waals surface area contributed by atoms with Crippen molar-refractivity contribution < 1.29 is 19.5 Å². The summed E-state index contributed by atoms with van der Waals surface area (Å²) in [5, 5.41) is 10.1. The van der Waals surface area contributed by atoms with Crippen molar-refractivity contribution in [3.8, 4) is 5.75 Å². The number of aliphatic hydroxyl groups is 1. The van der Waals surface area contributed by atoms with E-state index in [1.165, 1.54) is 42.6 Å². The van der Waals surface area contributed by atoms with Gasteiger partial charge in [0.25, 0.3) is 0 Å². The fourth-order valence-corrected chi connectivity index (χ4v) is 3.45. The molecule has 2 rings (SSSR count). The summed E-state index contributed by atoms with van der Waals surface area (Å²) in [5.41, 5.74) is 1.31. The average Bonchev–Trinajstić information content (AvgIpc) is 2.62. The lowest BCUT2D eigenvalue weighted by Crippen LogP contribution is -3.14. The standard InChI is InChI=1S/C20H33NO3/c1-3-17-9-11-20(12-10-17)24-14-13-23-16-19(22)15-21(2)18-7-5-4-6-8-18/h9-12,18-19,22H,3-8,13-16H2,1-2H3/p+1/t19-/m0/s1. The molecule has 2 N–H and O–H groups in total. The van der Waals surface area contributed by atoms with Crippen LogP contribution in [0.2, 0.25) is 0 Å². The number of hydrogen-bond acceptors (Lipinski definition) is 3. The molecule has 4 heteroatoms. The maximum atomic E-state index is 10.1. The molecule has 4 nitrogen and oxygen atoms in total. The number of aryl methyl sites for hydroxylation is 1. The van der Waals surface area contributed by atoms with Crippen LogP contribution in [0, 0.1) is 0 Å². The van der Waals surface area contributed by atoms with E-state index < -0.39 is 6.10 Å². The number of hydrogen-bond donors (Lipinski definition) is 2. The number of nitrogens with one attached hydrogen (secondary N) is 1. The van der Waals surface area contributed by atoms with E-state index in [1.807, 2.05) is 12.1 Å². The molecule has 1 aromatic rings. The van der Waals surface area contributed by atoms with Crippen LogP contribution in [0.4, 0.5) is 0 Å². The van der Waals surface area contributed by atoms with E-state index in [2.05, 4.69) is 26.1 Å². The Bertz CT molecular complexity index is 443. The molecule has 1 aliphatic carbocycles. The summed E-state index contributed by atoms with van der Waals surface area (Å²) in [6.07, 6.45) is 7.29. The van der Waals surface area contributed by atoms with Gasteiger partial charge < -0.3 is 19.5 Å². The van der Waals surface area contributed by atoms with Crippen molar-refractivity contribution in [3.05, 3.63) is 29.8 Å². The Hall–Kier alpha value is -1.10. The number of benzene rings is 1. The van der Waals surface area contributed by atoms with E-state index in [0.717, 1.165) is 18.7 Å². The van der Waals surface area contributed by atoms with Gasteiger partial charge in [0.05, 0.1) is 26.3 Å². The Morgan fingerprint density at radius 3 is 2.50 bits per heavy atom. The molecule has 0 bridgehead atoms. The average molecular weight is 336 g/mol. The second-order valence-corrected chi connectivity index (χ2v) is 6.96. The monoisotopic (exact) mass is 336 g/mol. The van der Waals surface area contributed by atoms with Crippen LogP contribution in [0.1, 0.15) is 44.6 Å². The summed E-state index contributed by atoms with van der Waals surface area (Å²) in [6, 6.07) is 8.88. The summed E-state index contributed by atoms with van der Waals surface area (Å²) >= 11 is 0. The van der Waals surface area contributed by atoms with Crippen molar-refractivity contribution in [2.75, 3.05) is 33.4 Å². The summed E-state index contributed by atoms with van der Waals surface area (Å²) in [4.78, 5) is 1.44. The normalized spacial score (nSPS) is 18.3. The van der Waals surface area contributed by atoms with Crippen molar-refractivity contribution in [2.24, 2.45) is 0 Å². The second kappa shape index (κ2) is 10.7. The predicted molar refractivity (Wildman–Crippen MR) is 96.8 cm³/mol. The third-order valence-corrected chi connectivity index (χ3v) is 5.00. The van der Waals surface area contributed by atoms with Crippen LogP contribution in [0.25, 0.3) is 0 Å². The highest BCUT2D eigenvalue weighted by Crippen LogP contribution is 2.15. The molecule has 0 aliphatic heterocycles. The number of likely N-dealkylation sites (N-methyl/N-ethyl adjacent to an activating group) is 1. The zero-order valence-corrected chi connectivity index (χ0v) is 15.3. The van der Waals surface area contributed by atoms with Gasteiger partial charge in [-0.3, -0.25) is 0 Å². The van der Waals surface area contributed by atoms with Gasteiger partial charge in [-0.15, -0.1) is 0 Å². The third-order valence-electron chi connectivity index (χ3n) is 5.00. The highest BCUT2D eigenvalue weighted by Gasteiger charge is 2.23. The number of aliphatic hydroxyl groups excluding tert-OH is 1. The lowest BCUT2D eigenvalue weighted by Gasteiger charge is -2.29. The molecule has 1 aromatic carbocycles. The van der Waals surface area contributed by atoms with Gasteiger partial charge in [-0.25, -0.2) is 0 Å². The van der Waals surface area contributed by atoms with Crippen LogP contribution in [0.15, 0.2) is 24.3 Å². The maximum Gasteiger partial charge on any atom is 0.126 e. The van der Waals surface area contributed by atoms with E-state index in [0.29, 0.717) is 25.9 Å². The van der Waals surface area contributed by atoms with Crippen LogP contribution in [-0.4, -0.2) is 50.7 Å². The maximum absolute atomic E-state index is 10.1. The second-order valence-electron chi connectivity index (χ2n) is 6.96. The Labute approximate surface area is 146 Å². The summed E-state index contributed by atoms with van der Waals surface area (Å²) in [7, 11) is 2.20. The SMILES string of the molecule is CCc1ccc(OCCOC[C@@H](O)C[NH+](C)C2CCCCC2)cc1. The van der Waals surface area contributed by atoms with Gasteiger partial charge in [-0.2, -0.15) is 0 Å². The topological polar surface area (TPSA) is 43.1 Å². The van der Waals surface area contributed by atoms with Crippen molar-refractivity contribution in [1.82, 2.24) is 0 Å². The lowest BCUT2D eigenvalue weighted by atomic mass is 9.94. The summed E-state index contributed by atoms with van der Waals surface area (Å²) < 4.78 is 11.2. The van der Waals surface area contributed by atoms with Gasteiger partial charge in [-0.1, -0.05) is 25.5 Å². The molecule has 0 radical (unpaired) electrons. The highest BCUT2D eigenvalue weighted by molar-refractivity contribution is 5.27. The van der Waals surface area contributed by atoms with Crippen LogP contribution >= 0.6 is 0 Å². The third kappa shape index (κ3) is 6.80. The Morgan fingerprint density at radius 2 is 1.83 bits per heavy atom. The first-order valence-electron chi connectivity index (χ1n) is 9.49. The first-order valence-corrected chi connectivity index (χ1v) is 9.49. The largest absolute Gasteiger partial charge is 0.491 e. The van der Waals surface area contributed by atoms with Crippen LogP contribution < -0.4 is 9.64 Å². The van der Waals surface area contributed by atoms with Gasteiger partial charge in [0.1, 0.15) is 25.0 Å². The van der Waals surface area contributed by atoms with E-state index in [-0.39, 0.29) is 0 Å². The zero-order valence-electron chi connectivity index (χ0n) is 15.3. The Kier molecular flexibility index (Phi) is 8.57. The lowest BCUT2D eigenvalue weighted by molar-refractivity contribution is -0.910. The summed E-state index contributed by atoms with van der Waals surface area (Å²) in [6.45, 7) is 4.33. The van der Waals surface area contributed by atoms with Gasteiger partial charge in [0.15, 0.2) is 0 Å². The van der Waals surface area contributed by atoms with Crippen molar-refractivity contribution in [2.45, 2.75) is 57.6 Å². The van der Waals surface area contributed by atoms with E-state index in [1.54, 1.807) is 0 Å². The predicted octanol–water partition coefficient (Wildman–Crippen LogP) is 1.85. The van der Waals surface area contributed by atoms with Crippen LogP contribution in [-0.2, 0) is 11.2 Å². The zero-order chi connectivity index (χ0) is 17.2. The molecule has 1 aliphatic rings. The van der Waals surface area contributed by atoms with Gasteiger partial charge >= 0.3 is 0 Å². The molecule has 1 unspecified atom stereocenters. The highest BCUT2D eigenvalue weighted by atomic mass is 16.5. The molecule has 136 valence electrons. The number of quaternary nitrogens is 1.